The maximum Gasteiger partial charge on any atom is 0.319 e. The number of amides is 3. The molecule has 134 valence electrons. The lowest BCUT2D eigenvalue weighted by Crippen LogP contribution is -2.39. The molecular weight excluding hydrogens is 361 g/mol. The van der Waals surface area contributed by atoms with E-state index in [2.05, 4.69) is 11.2 Å². The van der Waals surface area contributed by atoms with Gasteiger partial charge >= 0.3 is 11.8 Å². The molecule has 3 amide bonds. The Morgan fingerprint density at radius 2 is 2.15 bits per heavy atom. The summed E-state index contributed by atoms with van der Waals surface area (Å²) in [5, 5.41) is 2.16. The molecule has 1 N–H and O–H groups in total. The number of nitrogens with zero attached hydrogens (tertiary/aromatic N) is 2. The molecule has 3 rings (SSSR count). The van der Waals surface area contributed by atoms with E-state index in [0.29, 0.717) is 12.1 Å². The number of carbonyl (C=O) groups excluding carboxylic acids is 3. The third-order valence-corrected chi connectivity index (χ3v) is 4.48. The van der Waals surface area contributed by atoms with Crippen molar-refractivity contribution in [2.75, 3.05) is 18.1 Å². The van der Waals surface area contributed by atoms with Crippen LogP contribution < -0.4 is 15.0 Å². The zero-order valence-electron chi connectivity index (χ0n) is 13.7. The Bertz CT molecular complexity index is 879. The number of thiocarbonyl (C=S) groups is 1. The van der Waals surface area contributed by atoms with Gasteiger partial charge in [0.2, 0.25) is 0 Å². The van der Waals surface area contributed by atoms with E-state index >= 15 is 0 Å². The van der Waals surface area contributed by atoms with Crippen molar-refractivity contribution >= 4 is 40.7 Å². The summed E-state index contributed by atoms with van der Waals surface area (Å²) in [6, 6.07) is 1.73. The van der Waals surface area contributed by atoms with E-state index in [9.17, 15) is 18.8 Å². The SMILES string of the molecule is C#CCN1C(=O)COc2cc(F)c(C(CC)N3C(=O)C(=O)NC3=S)cc21. The maximum absolute atomic E-state index is 14.7. The topological polar surface area (TPSA) is 79.0 Å². The first kappa shape index (κ1) is 17.8. The number of hydrogen-bond donors (Lipinski definition) is 1. The van der Waals surface area contributed by atoms with Crippen LogP contribution in [0.1, 0.15) is 24.9 Å². The number of rotatable bonds is 4. The Kier molecular flexibility index (Phi) is 4.61. The molecule has 7 nitrogen and oxygen atoms in total. The summed E-state index contributed by atoms with van der Waals surface area (Å²) < 4.78 is 20.0. The van der Waals surface area contributed by atoms with Crippen molar-refractivity contribution in [1.82, 2.24) is 10.2 Å². The van der Waals surface area contributed by atoms with Gasteiger partial charge in [-0.25, -0.2) is 4.39 Å². The molecule has 0 spiro atoms. The van der Waals surface area contributed by atoms with Crippen LogP contribution in [0.3, 0.4) is 0 Å². The maximum atomic E-state index is 14.7. The molecule has 1 aromatic carbocycles. The lowest BCUT2D eigenvalue weighted by molar-refractivity contribution is -0.141. The van der Waals surface area contributed by atoms with Crippen LogP contribution in [0.2, 0.25) is 0 Å². The monoisotopic (exact) mass is 375 g/mol. The minimum atomic E-state index is -0.862. The molecule has 0 aliphatic carbocycles. The third-order valence-electron chi connectivity index (χ3n) is 4.18. The molecule has 2 aliphatic rings. The first-order chi connectivity index (χ1) is 12.4. The standard InChI is InChI=1S/C17H14FN3O4S/c1-3-5-20-12-6-9(10(18)7-13(12)25-8-14(20)22)11(4-2)21-16(24)15(23)19-17(21)26/h1,6-7,11H,4-5,8H2,2H3,(H,19,23,26). The van der Waals surface area contributed by atoms with E-state index in [4.69, 9.17) is 23.4 Å². The van der Waals surface area contributed by atoms with Crippen LogP contribution in [-0.4, -0.2) is 40.9 Å². The fourth-order valence-electron chi connectivity index (χ4n) is 3.00. The Morgan fingerprint density at radius 1 is 1.42 bits per heavy atom. The van der Waals surface area contributed by atoms with Crippen LogP contribution in [0.15, 0.2) is 12.1 Å². The van der Waals surface area contributed by atoms with Crippen molar-refractivity contribution < 1.29 is 23.5 Å². The Hall–Kier alpha value is -2.99. The van der Waals surface area contributed by atoms with Crippen LogP contribution in [0.4, 0.5) is 10.1 Å². The highest BCUT2D eigenvalue weighted by atomic mass is 32.1. The first-order valence-electron chi connectivity index (χ1n) is 7.77. The van der Waals surface area contributed by atoms with Gasteiger partial charge in [0.25, 0.3) is 5.91 Å². The molecule has 1 unspecified atom stereocenters. The number of ether oxygens (including phenoxy) is 1. The molecule has 0 radical (unpaired) electrons. The van der Waals surface area contributed by atoms with Gasteiger partial charge in [0, 0.05) is 11.6 Å². The van der Waals surface area contributed by atoms with Gasteiger partial charge in [0.05, 0.1) is 18.3 Å². The number of fused-ring (bicyclic) bond motifs is 1. The van der Waals surface area contributed by atoms with Crippen LogP contribution in [-0.2, 0) is 14.4 Å². The summed E-state index contributed by atoms with van der Waals surface area (Å²) >= 11 is 5.02. The number of terminal acetylenes is 1. The van der Waals surface area contributed by atoms with Crippen LogP contribution in [0, 0.1) is 18.2 Å². The number of hydrogen-bond acceptors (Lipinski definition) is 5. The zero-order valence-corrected chi connectivity index (χ0v) is 14.6. The lowest BCUT2D eigenvalue weighted by Gasteiger charge is -2.31. The molecule has 1 saturated heterocycles. The van der Waals surface area contributed by atoms with E-state index in [-0.39, 0.29) is 35.5 Å². The summed E-state index contributed by atoms with van der Waals surface area (Å²) in [6.07, 6.45) is 5.60. The van der Waals surface area contributed by atoms with Gasteiger partial charge in [-0.3, -0.25) is 29.5 Å². The summed E-state index contributed by atoms with van der Waals surface area (Å²) in [7, 11) is 0. The third kappa shape index (κ3) is 2.78. The van der Waals surface area contributed by atoms with Crippen molar-refractivity contribution in [3.63, 3.8) is 0 Å². The molecule has 2 heterocycles. The predicted octanol–water partition coefficient (Wildman–Crippen LogP) is 0.879. The van der Waals surface area contributed by atoms with E-state index in [1.807, 2.05) is 0 Å². The number of anilines is 1. The highest BCUT2D eigenvalue weighted by molar-refractivity contribution is 7.80. The van der Waals surface area contributed by atoms with Crippen molar-refractivity contribution in [2.45, 2.75) is 19.4 Å². The van der Waals surface area contributed by atoms with Crippen molar-refractivity contribution in [3.05, 3.63) is 23.5 Å². The average Bonchev–Trinajstić information content (AvgIpc) is 2.85. The van der Waals surface area contributed by atoms with Gasteiger partial charge in [0.1, 0.15) is 11.6 Å². The van der Waals surface area contributed by atoms with Crippen LogP contribution in [0.25, 0.3) is 0 Å². The Labute approximate surface area is 154 Å². The Balaban J connectivity index is 2.09. The molecule has 1 fully saturated rings. The highest BCUT2D eigenvalue weighted by Crippen LogP contribution is 2.38. The second-order valence-electron chi connectivity index (χ2n) is 5.67. The molecule has 0 bridgehead atoms. The first-order valence-corrected chi connectivity index (χ1v) is 8.18. The van der Waals surface area contributed by atoms with E-state index in [0.717, 1.165) is 11.0 Å². The quantitative estimate of drug-likeness (QED) is 0.480. The van der Waals surface area contributed by atoms with Crippen molar-refractivity contribution in [3.8, 4) is 18.1 Å². The predicted molar refractivity (Wildman–Crippen MR) is 93.7 cm³/mol. The average molecular weight is 375 g/mol. The smallest absolute Gasteiger partial charge is 0.319 e. The number of halogens is 1. The second-order valence-corrected chi connectivity index (χ2v) is 6.06. The van der Waals surface area contributed by atoms with Crippen LogP contribution in [0.5, 0.6) is 5.75 Å². The molecule has 1 atom stereocenters. The summed E-state index contributed by atoms with van der Waals surface area (Å²) in [4.78, 5) is 38.1. The minimum absolute atomic E-state index is 0.00183. The molecule has 26 heavy (non-hydrogen) atoms. The van der Waals surface area contributed by atoms with Crippen LogP contribution >= 0.6 is 12.2 Å². The number of benzene rings is 1. The number of carbonyl (C=O) groups is 3. The van der Waals surface area contributed by atoms with Gasteiger partial charge < -0.3 is 4.74 Å². The molecule has 9 heteroatoms. The summed E-state index contributed by atoms with van der Waals surface area (Å²) in [5.41, 5.74) is 0.421. The molecule has 0 aromatic heterocycles. The fourth-order valence-corrected chi connectivity index (χ4v) is 3.30. The fraction of sp³-hybridized carbons (Fsp3) is 0.294. The van der Waals surface area contributed by atoms with Gasteiger partial charge in [-0.15, -0.1) is 6.42 Å². The highest BCUT2D eigenvalue weighted by Gasteiger charge is 2.40. The van der Waals surface area contributed by atoms with Crippen molar-refractivity contribution in [2.24, 2.45) is 0 Å². The normalized spacial score (nSPS) is 17.6. The molecule has 2 aliphatic heterocycles. The van der Waals surface area contributed by atoms with Crippen molar-refractivity contribution in [1.29, 1.82) is 0 Å². The van der Waals surface area contributed by atoms with Gasteiger partial charge in [0.15, 0.2) is 11.7 Å². The Morgan fingerprint density at radius 3 is 2.73 bits per heavy atom. The minimum Gasteiger partial charge on any atom is -0.481 e. The van der Waals surface area contributed by atoms with E-state index < -0.39 is 23.7 Å². The summed E-state index contributed by atoms with van der Waals surface area (Å²) in [6.45, 7) is 1.49. The largest absolute Gasteiger partial charge is 0.481 e. The molecule has 0 saturated carbocycles. The lowest BCUT2D eigenvalue weighted by atomic mass is 10.00. The van der Waals surface area contributed by atoms with Gasteiger partial charge in [-0.05, 0) is 24.7 Å². The van der Waals surface area contributed by atoms with Gasteiger partial charge in [-0.1, -0.05) is 12.8 Å². The van der Waals surface area contributed by atoms with Gasteiger partial charge in [-0.2, -0.15) is 0 Å². The number of nitrogens with one attached hydrogen (secondary N) is 1. The zero-order chi connectivity index (χ0) is 19.0. The summed E-state index contributed by atoms with van der Waals surface area (Å²) in [5.74, 6) is -0.153. The molecular formula is C17H14FN3O4S. The van der Waals surface area contributed by atoms with E-state index in [1.165, 1.54) is 11.0 Å². The van der Waals surface area contributed by atoms with E-state index in [1.54, 1.807) is 6.92 Å². The molecule has 1 aromatic rings. The second kappa shape index (κ2) is 6.72.